The van der Waals surface area contributed by atoms with E-state index in [1.54, 1.807) is 69.2 Å². The van der Waals surface area contributed by atoms with Crippen molar-refractivity contribution in [2.45, 2.75) is 164 Å². The highest BCUT2D eigenvalue weighted by molar-refractivity contribution is 5.97. The van der Waals surface area contributed by atoms with Crippen molar-refractivity contribution in [2.24, 2.45) is 57.7 Å². The van der Waals surface area contributed by atoms with Gasteiger partial charge in [-0.05, 0) is 54.8 Å². The molecule has 384 valence electrons. The number of carboxylic acid groups (broad SMARTS) is 1. The molecule has 0 aliphatic carbocycles. The molecule has 16 N–H and O–H groups in total. The molecule has 0 heterocycles. The molecule has 0 aromatic carbocycles. The van der Waals surface area contributed by atoms with Crippen molar-refractivity contribution >= 4 is 59.2 Å². The number of hydrogen-bond donors (Lipinski definition) is 13. The second kappa shape index (κ2) is 30.7. The first-order chi connectivity index (χ1) is 31.1. The predicted molar refractivity (Wildman–Crippen MR) is 252 cm³/mol. The number of aliphatic carboxylic acids is 1. The molecule has 0 bridgehead atoms. The molecule has 0 radical (unpaired) electrons. The average Bonchev–Trinajstić information content (AvgIpc) is 3.25. The Bertz CT molecular complexity index is 1690. The Balaban J connectivity index is 6.33. The van der Waals surface area contributed by atoms with Gasteiger partial charge in [-0.15, -0.1) is 0 Å². The lowest BCUT2D eigenvalue weighted by molar-refractivity contribution is -0.144. The molecular formula is C44H82N12O11. The fraction of sp³-hybridized carbons (Fsp3) is 0.773. The minimum Gasteiger partial charge on any atom is -0.480 e. The largest absolute Gasteiger partial charge is 0.480 e. The summed E-state index contributed by atoms with van der Waals surface area (Å²) in [5.41, 5.74) is 16.6. The zero-order chi connectivity index (χ0) is 51.9. The van der Waals surface area contributed by atoms with Crippen LogP contribution in [0.2, 0.25) is 0 Å². The van der Waals surface area contributed by atoms with Crippen LogP contribution in [0.25, 0.3) is 0 Å². The normalized spacial score (nSPS) is 15.9. The maximum Gasteiger partial charge on any atom is 0.326 e. The molecule has 67 heavy (non-hydrogen) atoms. The van der Waals surface area contributed by atoms with E-state index in [0.717, 1.165) is 0 Å². The summed E-state index contributed by atoms with van der Waals surface area (Å²) in [6.07, 6.45) is 1.24. The van der Waals surface area contributed by atoms with Crippen molar-refractivity contribution in [3.63, 3.8) is 0 Å². The van der Waals surface area contributed by atoms with Crippen molar-refractivity contribution in [3.8, 4) is 0 Å². The maximum atomic E-state index is 14.0. The molecule has 23 nitrogen and oxygen atoms in total. The average molecular weight is 955 g/mol. The van der Waals surface area contributed by atoms with Gasteiger partial charge in [0, 0.05) is 6.54 Å². The Kier molecular flexibility index (Phi) is 28.1. The van der Waals surface area contributed by atoms with E-state index in [4.69, 9.17) is 17.2 Å². The van der Waals surface area contributed by atoms with Gasteiger partial charge >= 0.3 is 5.97 Å². The number of carboxylic acids is 1. The van der Waals surface area contributed by atoms with Gasteiger partial charge in [-0.25, -0.2) is 4.79 Å². The van der Waals surface area contributed by atoms with Gasteiger partial charge in [0.1, 0.15) is 48.3 Å². The van der Waals surface area contributed by atoms with Gasteiger partial charge in [0.2, 0.25) is 47.3 Å². The first-order valence-electron chi connectivity index (χ1n) is 23.2. The molecule has 0 aromatic rings. The smallest absolute Gasteiger partial charge is 0.326 e. The first kappa shape index (κ1) is 61.4. The highest BCUT2D eigenvalue weighted by Gasteiger charge is 2.37. The number of nitrogens with two attached hydrogens (primary N) is 3. The van der Waals surface area contributed by atoms with Crippen LogP contribution in [0.5, 0.6) is 0 Å². The van der Waals surface area contributed by atoms with Gasteiger partial charge in [-0.2, -0.15) is 0 Å². The fourth-order valence-corrected chi connectivity index (χ4v) is 6.58. The molecule has 8 amide bonds. The number of rotatable bonds is 31. The van der Waals surface area contributed by atoms with Gasteiger partial charge in [0.05, 0.1) is 13.2 Å². The zero-order valence-corrected chi connectivity index (χ0v) is 41.5. The minimum atomic E-state index is -1.27. The van der Waals surface area contributed by atoms with Crippen molar-refractivity contribution < 1.29 is 53.4 Å². The lowest BCUT2D eigenvalue weighted by Gasteiger charge is -2.30. The summed E-state index contributed by atoms with van der Waals surface area (Å²) in [5.74, 6) is -9.69. The molecule has 0 fully saturated rings. The standard InChI is InChI=1S/C44H82N12O11/c1-13-25(11)34(55-40(63)32(23(7)8)53-38(61)29(18-21(3)4)51-36(59)27(45)20-57)41(64)50-28(16-15-17-48-44(46)47)37(60)49-19-30(58)52-31(22(5)6)39(62)56-35(26(12)14-2)42(65)54-33(24(9)10)43(66)67/h21-29,31-35,57H,13-20,45H2,1-12H3,(H,49,60)(H,50,64)(H,51,59)(H,52,58)(H,53,61)(H,54,65)(H,55,63)(H,56,62)(H,66,67)(H4,46,47,48)/t25-,26-,27-,28-,29-,31-,32-,33-,34-,35-/m0/s1. The van der Waals surface area contributed by atoms with Gasteiger partial charge in [0.25, 0.3) is 0 Å². The number of carbonyl (C=O) groups is 9. The molecule has 0 aliphatic heterocycles. The SMILES string of the molecule is CC[C@H](C)[C@H](NC(=O)[C@@H](NC(=O)[C@H](CC(C)C)NC(=O)[C@@H](N)CO)C(C)C)C(=O)N[C@@H](CCCN=C(N)N)C(=O)NCC(=O)N[C@H](C(=O)N[C@H](C(=O)N[C@H](C(=O)O)C(C)C)[C@@H](C)CC)C(C)C. The number of aliphatic hydroxyl groups is 1. The van der Waals surface area contributed by atoms with E-state index in [2.05, 4.69) is 47.5 Å². The van der Waals surface area contributed by atoms with Crippen LogP contribution < -0.4 is 59.7 Å². The van der Waals surface area contributed by atoms with Crippen molar-refractivity contribution in [1.29, 1.82) is 0 Å². The number of guanidine groups is 1. The van der Waals surface area contributed by atoms with Crippen molar-refractivity contribution in [3.05, 3.63) is 0 Å². The third kappa shape index (κ3) is 22.2. The number of aliphatic imine (C=N–C) groups is 1. The predicted octanol–water partition coefficient (Wildman–Crippen LogP) is -1.94. The number of hydrogen-bond acceptors (Lipinski definition) is 12. The topological polar surface area (TPSA) is 381 Å². The summed E-state index contributed by atoms with van der Waals surface area (Å²) in [7, 11) is 0. The second-order valence-electron chi connectivity index (χ2n) is 18.5. The highest BCUT2D eigenvalue weighted by Crippen LogP contribution is 2.15. The van der Waals surface area contributed by atoms with Crippen LogP contribution in [-0.4, -0.2) is 137 Å². The molecule has 0 saturated heterocycles. The van der Waals surface area contributed by atoms with E-state index in [-0.39, 0.29) is 37.7 Å². The number of nitrogens with one attached hydrogen (secondary N) is 8. The molecule has 0 unspecified atom stereocenters. The van der Waals surface area contributed by atoms with Crippen LogP contribution >= 0.6 is 0 Å². The van der Waals surface area contributed by atoms with Gasteiger partial charge in [-0.3, -0.25) is 43.3 Å². The van der Waals surface area contributed by atoms with Crippen LogP contribution in [0.1, 0.15) is 115 Å². The van der Waals surface area contributed by atoms with Crippen molar-refractivity contribution in [1.82, 2.24) is 42.5 Å². The number of nitrogens with zero attached hydrogens (tertiary/aromatic N) is 1. The minimum absolute atomic E-state index is 0.0135. The summed E-state index contributed by atoms with van der Waals surface area (Å²) in [5, 5.41) is 39.8. The van der Waals surface area contributed by atoms with Crippen LogP contribution in [-0.2, 0) is 43.2 Å². The molecule has 0 rings (SSSR count). The number of carbonyl (C=O) groups excluding carboxylic acids is 8. The van der Waals surface area contributed by atoms with E-state index < -0.39 is 144 Å². The third-order valence-electron chi connectivity index (χ3n) is 11.2. The maximum absolute atomic E-state index is 14.0. The van der Waals surface area contributed by atoms with Gasteiger partial charge in [0.15, 0.2) is 5.96 Å². The fourth-order valence-electron chi connectivity index (χ4n) is 6.58. The van der Waals surface area contributed by atoms with E-state index in [9.17, 15) is 53.4 Å². The van der Waals surface area contributed by atoms with Crippen molar-refractivity contribution in [2.75, 3.05) is 19.7 Å². The van der Waals surface area contributed by atoms with Crippen LogP contribution in [0.3, 0.4) is 0 Å². The van der Waals surface area contributed by atoms with E-state index in [1.165, 1.54) is 0 Å². The van der Waals surface area contributed by atoms with Crippen LogP contribution in [0.15, 0.2) is 4.99 Å². The summed E-state index contributed by atoms with van der Waals surface area (Å²) < 4.78 is 0. The summed E-state index contributed by atoms with van der Waals surface area (Å²) in [6.45, 7) is 19.4. The Morgan fingerprint density at radius 1 is 0.537 bits per heavy atom. The molecule has 0 spiro atoms. The number of aliphatic hydroxyl groups excluding tert-OH is 1. The summed E-state index contributed by atoms with van der Waals surface area (Å²) in [4.78, 5) is 124. The molecule has 23 heteroatoms. The monoisotopic (exact) mass is 955 g/mol. The summed E-state index contributed by atoms with van der Waals surface area (Å²) in [6, 6.07) is -9.53. The first-order valence-corrected chi connectivity index (χ1v) is 23.2. The van der Waals surface area contributed by atoms with E-state index in [0.29, 0.717) is 12.8 Å². The highest BCUT2D eigenvalue weighted by atomic mass is 16.4. The molecule has 0 aliphatic rings. The van der Waals surface area contributed by atoms with Gasteiger partial charge in [-0.1, -0.05) is 95.9 Å². The Morgan fingerprint density at radius 3 is 1.37 bits per heavy atom. The Hall–Kier alpha value is -5.58. The molecule has 0 saturated carbocycles. The van der Waals surface area contributed by atoms with Gasteiger partial charge < -0.3 is 69.9 Å². The Morgan fingerprint density at radius 2 is 0.955 bits per heavy atom. The lowest BCUT2D eigenvalue weighted by Crippen LogP contribution is -2.61. The van der Waals surface area contributed by atoms with Crippen LogP contribution in [0, 0.1) is 35.5 Å². The third-order valence-corrected chi connectivity index (χ3v) is 11.2. The quantitative estimate of drug-likeness (QED) is 0.0204. The van der Waals surface area contributed by atoms with E-state index >= 15 is 0 Å². The lowest BCUT2D eigenvalue weighted by atomic mass is 9.95. The zero-order valence-electron chi connectivity index (χ0n) is 41.5. The Labute approximate surface area is 395 Å². The molecule has 0 aromatic heterocycles. The second-order valence-corrected chi connectivity index (χ2v) is 18.5. The molecular weight excluding hydrogens is 873 g/mol. The number of amides is 8. The molecule has 10 atom stereocenters. The van der Waals surface area contributed by atoms with Crippen LogP contribution in [0.4, 0.5) is 0 Å². The summed E-state index contributed by atoms with van der Waals surface area (Å²) >= 11 is 0. The van der Waals surface area contributed by atoms with E-state index in [1.807, 2.05) is 13.8 Å².